The molecule has 0 fully saturated rings. The molecular formula is C27H24ClN5O2. The third-order valence-corrected chi connectivity index (χ3v) is 6.12. The molecule has 2 heterocycles. The Balaban J connectivity index is 1.40. The maximum Gasteiger partial charge on any atom is 0.255 e. The van der Waals surface area contributed by atoms with Gasteiger partial charge in [0.15, 0.2) is 0 Å². The molecule has 7 nitrogen and oxygen atoms in total. The molecule has 176 valence electrons. The minimum absolute atomic E-state index is 0.233. The zero-order valence-electron chi connectivity index (χ0n) is 19.3. The Bertz CT molecular complexity index is 1380. The van der Waals surface area contributed by atoms with Crippen molar-refractivity contribution in [2.45, 2.75) is 26.5 Å². The summed E-state index contributed by atoms with van der Waals surface area (Å²) in [5, 5.41) is 11.1. The molecule has 0 bridgehead atoms. The summed E-state index contributed by atoms with van der Waals surface area (Å²) in [6.07, 6.45) is 1.47. The maximum absolute atomic E-state index is 13.4. The number of halogens is 1. The van der Waals surface area contributed by atoms with Crippen LogP contribution in [-0.4, -0.2) is 20.7 Å². The number of aromatic nitrogens is 3. The smallest absolute Gasteiger partial charge is 0.255 e. The SMILES string of the molecule is CC1=C(C(=O)Nc2ccc(Cl)cc2)[C@H](c2ccc(OCc3ccc(C)cc3)cc2)n2ncnc2N1. The average Bonchev–Trinajstić information content (AvgIpc) is 3.32. The Labute approximate surface area is 208 Å². The van der Waals surface area contributed by atoms with E-state index in [2.05, 4.69) is 51.9 Å². The first-order valence-electron chi connectivity index (χ1n) is 11.2. The van der Waals surface area contributed by atoms with Crippen molar-refractivity contribution in [1.82, 2.24) is 14.8 Å². The van der Waals surface area contributed by atoms with Crippen LogP contribution in [0.4, 0.5) is 11.6 Å². The Morgan fingerprint density at radius 1 is 1.03 bits per heavy atom. The first kappa shape index (κ1) is 22.7. The van der Waals surface area contributed by atoms with Crippen LogP contribution in [0.1, 0.15) is 29.7 Å². The molecule has 4 aromatic rings. The van der Waals surface area contributed by atoms with Gasteiger partial charge in [-0.15, -0.1) is 0 Å². The lowest BCUT2D eigenvalue weighted by Crippen LogP contribution is -2.31. The summed E-state index contributed by atoms with van der Waals surface area (Å²) >= 11 is 5.98. The molecule has 1 aromatic heterocycles. The average molecular weight is 486 g/mol. The number of ether oxygens (including phenoxy) is 1. The highest BCUT2D eigenvalue weighted by atomic mass is 35.5. The van der Waals surface area contributed by atoms with Gasteiger partial charge in [-0.25, -0.2) is 4.68 Å². The number of anilines is 2. The molecule has 2 N–H and O–H groups in total. The van der Waals surface area contributed by atoms with E-state index in [0.29, 0.717) is 34.5 Å². The van der Waals surface area contributed by atoms with Gasteiger partial charge in [-0.1, -0.05) is 53.6 Å². The number of benzene rings is 3. The molecule has 1 atom stereocenters. The first-order valence-corrected chi connectivity index (χ1v) is 11.6. The number of hydrogen-bond acceptors (Lipinski definition) is 5. The van der Waals surface area contributed by atoms with Gasteiger partial charge >= 0.3 is 0 Å². The number of carbonyl (C=O) groups excluding carboxylic acids is 1. The number of amides is 1. The summed E-state index contributed by atoms with van der Waals surface area (Å²) in [4.78, 5) is 17.7. The van der Waals surface area contributed by atoms with E-state index >= 15 is 0 Å². The van der Waals surface area contributed by atoms with Crippen molar-refractivity contribution in [2.75, 3.05) is 10.6 Å². The van der Waals surface area contributed by atoms with Crippen LogP contribution in [0.2, 0.25) is 5.02 Å². The van der Waals surface area contributed by atoms with E-state index in [1.54, 1.807) is 28.9 Å². The van der Waals surface area contributed by atoms with E-state index in [1.807, 2.05) is 31.2 Å². The van der Waals surface area contributed by atoms with E-state index < -0.39 is 6.04 Å². The van der Waals surface area contributed by atoms with Crippen molar-refractivity contribution in [1.29, 1.82) is 0 Å². The van der Waals surface area contributed by atoms with Gasteiger partial charge in [0.2, 0.25) is 5.95 Å². The van der Waals surface area contributed by atoms with Crippen LogP contribution >= 0.6 is 11.6 Å². The van der Waals surface area contributed by atoms with Crippen molar-refractivity contribution in [3.05, 3.63) is 112 Å². The van der Waals surface area contributed by atoms with Crippen LogP contribution in [0.25, 0.3) is 0 Å². The third kappa shape index (κ3) is 4.90. The van der Waals surface area contributed by atoms with Gasteiger partial charge < -0.3 is 15.4 Å². The highest BCUT2D eigenvalue weighted by molar-refractivity contribution is 6.30. The minimum Gasteiger partial charge on any atom is -0.489 e. The van der Waals surface area contributed by atoms with Gasteiger partial charge in [-0.05, 0) is 61.4 Å². The van der Waals surface area contributed by atoms with E-state index in [-0.39, 0.29) is 5.91 Å². The summed E-state index contributed by atoms with van der Waals surface area (Å²) in [5.41, 5.74) is 5.12. The number of aryl methyl sites for hydroxylation is 1. The third-order valence-electron chi connectivity index (χ3n) is 5.86. The maximum atomic E-state index is 13.4. The molecule has 35 heavy (non-hydrogen) atoms. The molecule has 0 spiro atoms. The molecule has 0 aliphatic carbocycles. The van der Waals surface area contributed by atoms with Crippen molar-refractivity contribution < 1.29 is 9.53 Å². The van der Waals surface area contributed by atoms with E-state index in [1.165, 1.54) is 11.9 Å². The van der Waals surface area contributed by atoms with Gasteiger partial charge in [0, 0.05) is 16.4 Å². The summed E-state index contributed by atoms with van der Waals surface area (Å²) in [7, 11) is 0. The molecule has 0 saturated carbocycles. The fourth-order valence-corrected chi connectivity index (χ4v) is 4.15. The second-order valence-electron chi connectivity index (χ2n) is 8.40. The van der Waals surface area contributed by atoms with Gasteiger partial charge in [0.25, 0.3) is 5.91 Å². The summed E-state index contributed by atoms with van der Waals surface area (Å²) < 4.78 is 7.68. The molecule has 5 rings (SSSR count). The second kappa shape index (κ2) is 9.64. The zero-order chi connectivity index (χ0) is 24.4. The van der Waals surface area contributed by atoms with Crippen LogP contribution in [0.5, 0.6) is 5.75 Å². The highest BCUT2D eigenvalue weighted by Crippen LogP contribution is 2.36. The lowest BCUT2D eigenvalue weighted by molar-refractivity contribution is -0.113. The highest BCUT2D eigenvalue weighted by Gasteiger charge is 2.33. The molecule has 1 aliphatic heterocycles. The largest absolute Gasteiger partial charge is 0.489 e. The predicted molar refractivity (Wildman–Crippen MR) is 137 cm³/mol. The Hall–Kier alpha value is -4.10. The fraction of sp³-hybridized carbons (Fsp3) is 0.148. The number of nitrogens with zero attached hydrogens (tertiary/aromatic N) is 3. The van der Waals surface area contributed by atoms with Gasteiger partial charge in [0.05, 0.1) is 5.57 Å². The molecule has 8 heteroatoms. The topological polar surface area (TPSA) is 81.1 Å². The lowest BCUT2D eigenvalue weighted by atomic mass is 9.95. The van der Waals surface area contributed by atoms with Crippen LogP contribution < -0.4 is 15.4 Å². The number of allylic oxidation sites excluding steroid dienone is 1. The summed E-state index contributed by atoms with van der Waals surface area (Å²) in [6.45, 7) is 4.40. The molecule has 1 amide bonds. The first-order chi connectivity index (χ1) is 17.0. The fourth-order valence-electron chi connectivity index (χ4n) is 4.02. The van der Waals surface area contributed by atoms with Crippen LogP contribution in [0.15, 0.2) is 90.4 Å². The van der Waals surface area contributed by atoms with Crippen LogP contribution in [-0.2, 0) is 11.4 Å². The lowest BCUT2D eigenvalue weighted by Gasteiger charge is -2.28. The summed E-state index contributed by atoms with van der Waals surface area (Å²) in [6, 6.07) is 22.5. The zero-order valence-corrected chi connectivity index (χ0v) is 20.1. The van der Waals surface area contributed by atoms with Gasteiger partial charge in [-0.2, -0.15) is 10.1 Å². The number of fused-ring (bicyclic) bond motifs is 1. The normalized spacial score (nSPS) is 14.8. The van der Waals surface area contributed by atoms with Crippen molar-refractivity contribution >= 4 is 29.1 Å². The molecule has 0 saturated heterocycles. The van der Waals surface area contributed by atoms with E-state index in [0.717, 1.165) is 16.9 Å². The van der Waals surface area contributed by atoms with Gasteiger partial charge in [-0.3, -0.25) is 4.79 Å². The number of carbonyl (C=O) groups is 1. The van der Waals surface area contributed by atoms with Crippen LogP contribution in [0, 0.1) is 6.92 Å². The Morgan fingerprint density at radius 3 is 2.46 bits per heavy atom. The molecule has 1 aliphatic rings. The second-order valence-corrected chi connectivity index (χ2v) is 8.84. The van der Waals surface area contributed by atoms with E-state index in [4.69, 9.17) is 16.3 Å². The predicted octanol–water partition coefficient (Wildman–Crippen LogP) is 5.75. The standard InChI is InChI=1S/C27H24ClN5O2/c1-17-3-5-19(6-4-17)15-35-23-13-7-20(8-14-23)25-24(18(2)31-27-29-16-30-33(25)27)26(34)32-22-11-9-21(28)10-12-22/h3-14,16,25H,15H2,1-2H3,(H,32,34)(H,29,30,31)/t25-/m0/s1. The Kier molecular flexibility index (Phi) is 6.25. The molecule has 0 unspecified atom stereocenters. The van der Waals surface area contributed by atoms with Gasteiger partial charge in [0.1, 0.15) is 24.7 Å². The molecule has 3 aromatic carbocycles. The van der Waals surface area contributed by atoms with Crippen LogP contribution in [0.3, 0.4) is 0 Å². The number of rotatable bonds is 6. The minimum atomic E-state index is -0.452. The monoisotopic (exact) mass is 485 g/mol. The number of nitrogens with one attached hydrogen (secondary N) is 2. The van der Waals surface area contributed by atoms with Crippen molar-refractivity contribution in [3.8, 4) is 5.75 Å². The van der Waals surface area contributed by atoms with Crippen molar-refractivity contribution in [2.24, 2.45) is 0 Å². The molecular weight excluding hydrogens is 462 g/mol. The summed E-state index contributed by atoms with van der Waals surface area (Å²) in [5.74, 6) is 1.09. The number of hydrogen-bond donors (Lipinski definition) is 2. The Morgan fingerprint density at radius 2 is 1.74 bits per heavy atom. The van der Waals surface area contributed by atoms with E-state index in [9.17, 15) is 4.79 Å². The molecule has 0 radical (unpaired) electrons. The van der Waals surface area contributed by atoms with Crippen molar-refractivity contribution in [3.63, 3.8) is 0 Å². The quantitative estimate of drug-likeness (QED) is 0.363.